The van der Waals surface area contributed by atoms with Crippen molar-refractivity contribution in [2.45, 2.75) is 19.4 Å². The Hall–Kier alpha value is -1.75. The molecule has 1 aliphatic rings. The number of methoxy groups -OCH3 is 2. The highest BCUT2D eigenvalue weighted by Crippen LogP contribution is 2.32. The van der Waals surface area contributed by atoms with E-state index in [-0.39, 0.29) is 11.8 Å². The first-order chi connectivity index (χ1) is 9.65. The highest BCUT2D eigenvalue weighted by atomic mass is 16.5. The van der Waals surface area contributed by atoms with Gasteiger partial charge < -0.3 is 15.2 Å². The third-order valence-electron chi connectivity index (χ3n) is 3.79. The van der Waals surface area contributed by atoms with E-state index in [2.05, 4.69) is 4.90 Å². The van der Waals surface area contributed by atoms with Crippen LogP contribution in [-0.2, 0) is 11.3 Å². The van der Waals surface area contributed by atoms with E-state index in [4.69, 9.17) is 15.2 Å². The third kappa shape index (κ3) is 3.22. The molecule has 1 fully saturated rings. The van der Waals surface area contributed by atoms with Gasteiger partial charge in [0.1, 0.15) is 0 Å². The van der Waals surface area contributed by atoms with Gasteiger partial charge in [-0.2, -0.15) is 0 Å². The van der Waals surface area contributed by atoms with E-state index in [1.54, 1.807) is 14.2 Å². The van der Waals surface area contributed by atoms with Gasteiger partial charge >= 0.3 is 0 Å². The molecule has 5 heteroatoms. The number of hydrogen-bond acceptors (Lipinski definition) is 4. The summed E-state index contributed by atoms with van der Waals surface area (Å²) in [5.41, 5.74) is 6.48. The van der Waals surface area contributed by atoms with Gasteiger partial charge in [0, 0.05) is 18.7 Å². The molecular weight excluding hydrogens is 256 g/mol. The molecule has 0 bridgehead atoms. The zero-order valence-electron chi connectivity index (χ0n) is 12.1. The standard InChI is InChI=1S/C15H22N2O3/c1-19-13-7-3-5-11(14(13)20-2)9-17-8-4-6-12(10-17)15(16)18/h3,5,7,12H,4,6,8-10H2,1-2H3,(H2,16,18)/t12-/m1/s1. The molecule has 0 spiro atoms. The Morgan fingerprint density at radius 1 is 1.40 bits per heavy atom. The van der Waals surface area contributed by atoms with E-state index in [1.807, 2.05) is 18.2 Å². The lowest BCUT2D eigenvalue weighted by molar-refractivity contribution is -0.123. The number of amides is 1. The summed E-state index contributed by atoms with van der Waals surface area (Å²) >= 11 is 0. The largest absolute Gasteiger partial charge is 0.493 e. The zero-order chi connectivity index (χ0) is 14.5. The summed E-state index contributed by atoms with van der Waals surface area (Å²) in [4.78, 5) is 13.6. The van der Waals surface area contributed by atoms with Crippen LogP contribution in [0.4, 0.5) is 0 Å². The number of nitrogens with two attached hydrogens (primary N) is 1. The number of carbonyl (C=O) groups is 1. The summed E-state index contributed by atoms with van der Waals surface area (Å²) in [6.45, 7) is 2.43. The molecule has 20 heavy (non-hydrogen) atoms. The van der Waals surface area contributed by atoms with Gasteiger partial charge in [-0.05, 0) is 25.5 Å². The predicted octanol–water partition coefficient (Wildman–Crippen LogP) is 1.40. The number of benzene rings is 1. The predicted molar refractivity (Wildman–Crippen MR) is 76.7 cm³/mol. The highest BCUT2D eigenvalue weighted by Gasteiger charge is 2.24. The molecule has 0 radical (unpaired) electrons. The number of likely N-dealkylation sites (tertiary alicyclic amines) is 1. The topological polar surface area (TPSA) is 64.8 Å². The first-order valence-electron chi connectivity index (χ1n) is 6.87. The molecule has 0 aliphatic carbocycles. The Labute approximate surface area is 119 Å². The maximum absolute atomic E-state index is 11.3. The molecule has 1 atom stereocenters. The summed E-state index contributed by atoms with van der Waals surface area (Å²) in [5, 5.41) is 0. The van der Waals surface area contributed by atoms with Crippen LogP contribution in [0.5, 0.6) is 11.5 Å². The van der Waals surface area contributed by atoms with Gasteiger partial charge in [0.05, 0.1) is 20.1 Å². The average molecular weight is 278 g/mol. The van der Waals surface area contributed by atoms with E-state index < -0.39 is 0 Å². The second-order valence-corrected chi connectivity index (χ2v) is 5.13. The molecule has 110 valence electrons. The molecule has 1 aromatic rings. The van der Waals surface area contributed by atoms with Crippen LogP contribution in [0, 0.1) is 5.92 Å². The highest BCUT2D eigenvalue weighted by molar-refractivity contribution is 5.76. The lowest BCUT2D eigenvalue weighted by Crippen LogP contribution is -2.40. The minimum Gasteiger partial charge on any atom is -0.493 e. The number of primary amides is 1. The molecule has 2 rings (SSSR count). The zero-order valence-corrected chi connectivity index (χ0v) is 12.1. The van der Waals surface area contributed by atoms with E-state index in [0.29, 0.717) is 0 Å². The number of rotatable bonds is 5. The van der Waals surface area contributed by atoms with Crippen LogP contribution in [0.1, 0.15) is 18.4 Å². The van der Waals surface area contributed by atoms with Crippen molar-refractivity contribution in [1.29, 1.82) is 0 Å². The van der Waals surface area contributed by atoms with Crippen LogP contribution >= 0.6 is 0 Å². The van der Waals surface area contributed by atoms with Crippen LogP contribution in [0.25, 0.3) is 0 Å². The SMILES string of the molecule is COc1cccc(CN2CCC[C@@H](C(N)=O)C2)c1OC. The first-order valence-corrected chi connectivity index (χ1v) is 6.87. The fraction of sp³-hybridized carbons (Fsp3) is 0.533. The minimum atomic E-state index is -0.202. The molecule has 1 saturated heterocycles. The number of hydrogen-bond donors (Lipinski definition) is 1. The van der Waals surface area contributed by atoms with Gasteiger partial charge in [0.2, 0.25) is 5.91 Å². The van der Waals surface area contributed by atoms with Crippen LogP contribution < -0.4 is 15.2 Å². The fourth-order valence-corrected chi connectivity index (χ4v) is 2.75. The van der Waals surface area contributed by atoms with Crippen molar-refractivity contribution in [3.8, 4) is 11.5 Å². The maximum Gasteiger partial charge on any atom is 0.221 e. The second-order valence-electron chi connectivity index (χ2n) is 5.13. The Bertz CT molecular complexity index is 476. The van der Waals surface area contributed by atoms with E-state index >= 15 is 0 Å². The Morgan fingerprint density at radius 2 is 2.20 bits per heavy atom. The number of piperidine rings is 1. The summed E-state index contributed by atoms with van der Waals surface area (Å²) in [5.74, 6) is 1.25. The molecular formula is C15H22N2O3. The van der Waals surface area contributed by atoms with Crippen LogP contribution in [-0.4, -0.2) is 38.1 Å². The lowest BCUT2D eigenvalue weighted by Gasteiger charge is -2.31. The van der Waals surface area contributed by atoms with Gasteiger partial charge in [0.15, 0.2) is 11.5 Å². The molecule has 1 aromatic carbocycles. The number of carbonyl (C=O) groups excluding carboxylic acids is 1. The van der Waals surface area contributed by atoms with Crippen molar-refractivity contribution in [2.24, 2.45) is 11.7 Å². The summed E-state index contributed by atoms with van der Waals surface area (Å²) < 4.78 is 10.7. The Morgan fingerprint density at radius 3 is 2.85 bits per heavy atom. The molecule has 1 amide bonds. The fourth-order valence-electron chi connectivity index (χ4n) is 2.75. The molecule has 0 unspecified atom stereocenters. The summed E-state index contributed by atoms with van der Waals surface area (Å²) in [6, 6.07) is 5.85. The molecule has 1 aliphatic heterocycles. The first kappa shape index (κ1) is 14.7. The van der Waals surface area contributed by atoms with Gasteiger partial charge in [-0.15, -0.1) is 0 Å². The van der Waals surface area contributed by atoms with Crippen molar-refractivity contribution < 1.29 is 14.3 Å². The van der Waals surface area contributed by atoms with Gasteiger partial charge in [-0.1, -0.05) is 12.1 Å². The Kier molecular flexibility index (Phi) is 4.84. The normalized spacial score (nSPS) is 19.6. The third-order valence-corrected chi connectivity index (χ3v) is 3.79. The van der Waals surface area contributed by atoms with Crippen molar-refractivity contribution in [3.63, 3.8) is 0 Å². The summed E-state index contributed by atoms with van der Waals surface area (Å²) in [6.07, 6.45) is 1.89. The average Bonchev–Trinajstić information content (AvgIpc) is 2.47. The van der Waals surface area contributed by atoms with Gasteiger partial charge in [-0.25, -0.2) is 0 Å². The van der Waals surface area contributed by atoms with E-state index in [9.17, 15) is 4.79 Å². The number of ether oxygens (including phenoxy) is 2. The number of nitrogens with zero attached hydrogens (tertiary/aromatic N) is 1. The smallest absolute Gasteiger partial charge is 0.221 e. The Balaban J connectivity index is 2.11. The quantitative estimate of drug-likeness (QED) is 0.884. The van der Waals surface area contributed by atoms with Crippen molar-refractivity contribution in [2.75, 3.05) is 27.3 Å². The van der Waals surface area contributed by atoms with Crippen LogP contribution in [0.2, 0.25) is 0 Å². The van der Waals surface area contributed by atoms with Crippen molar-refractivity contribution in [3.05, 3.63) is 23.8 Å². The van der Waals surface area contributed by atoms with Gasteiger partial charge in [-0.3, -0.25) is 9.69 Å². The summed E-state index contributed by atoms with van der Waals surface area (Å²) in [7, 11) is 3.27. The molecule has 1 heterocycles. The van der Waals surface area contributed by atoms with E-state index in [1.165, 1.54) is 0 Å². The van der Waals surface area contributed by atoms with Crippen molar-refractivity contribution in [1.82, 2.24) is 4.90 Å². The van der Waals surface area contributed by atoms with E-state index in [0.717, 1.165) is 49.5 Å². The monoisotopic (exact) mass is 278 g/mol. The molecule has 5 nitrogen and oxygen atoms in total. The van der Waals surface area contributed by atoms with Gasteiger partial charge in [0.25, 0.3) is 0 Å². The maximum atomic E-state index is 11.3. The molecule has 2 N–H and O–H groups in total. The lowest BCUT2D eigenvalue weighted by atomic mass is 9.97. The number of para-hydroxylation sites is 1. The van der Waals surface area contributed by atoms with Crippen molar-refractivity contribution >= 4 is 5.91 Å². The van der Waals surface area contributed by atoms with Crippen LogP contribution in [0.3, 0.4) is 0 Å². The molecule has 0 saturated carbocycles. The second kappa shape index (κ2) is 6.61. The van der Waals surface area contributed by atoms with Crippen LogP contribution in [0.15, 0.2) is 18.2 Å². The molecule has 0 aromatic heterocycles. The minimum absolute atomic E-state index is 0.0413.